The van der Waals surface area contributed by atoms with Crippen LogP contribution in [0.25, 0.3) is 11.3 Å². The van der Waals surface area contributed by atoms with Crippen LogP contribution >= 0.6 is 0 Å². The molecule has 0 fully saturated rings. The average molecular weight is 363 g/mol. The van der Waals surface area contributed by atoms with Crippen molar-refractivity contribution in [3.05, 3.63) is 82.6 Å². The topological polar surface area (TPSA) is 90.3 Å². The van der Waals surface area contributed by atoms with E-state index in [1.165, 1.54) is 13.2 Å². The van der Waals surface area contributed by atoms with Crippen LogP contribution < -0.4 is 10.9 Å². The summed E-state index contributed by atoms with van der Waals surface area (Å²) < 4.78 is 5.74. The van der Waals surface area contributed by atoms with Gasteiger partial charge in [-0.2, -0.15) is 5.10 Å². The molecule has 0 atom stereocenters. The summed E-state index contributed by atoms with van der Waals surface area (Å²) in [7, 11) is 1.30. The highest BCUT2D eigenvalue weighted by Gasteiger charge is 2.09. The third-order valence-electron chi connectivity index (χ3n) is 3.82. The van der Waals surface area contributed by atoms with Crippen LogP contribution in [0.2, 0.25) is 0 Å². The number of carbonyl (C=O) groups excluding carboxylic acids is 2. The van der Waals surface area contributed by atoms with E-state index in [1.54, 1.807) is 30.3 Å². The molecule has 0 aliphatic rings. The molecule has 1 N–H and O–H groups in total. The normalized spacial score (nSPS) is 10.3. The highest BCUT2D eigenvalue weighted by atomic mass is 16.5. The summed E-state index contributed by atoms with van der Waals surface area (Å²) in [4.78, 5) is 35.7. The maximum absolute atomic E-state index is 12.3. The monoisotopic (exact) mass is 363 g/mol. The van der Waals surface area contributed by atoms with Gasteiger partial charge in [-0.05, 0) is 30.3 Å². The molecular weight excluding hydrogens is 346 g/mol. The van der Waals surface area contributed by atoms with E-state index in [4.69, 9.17) is 0 Å². The van der Waals surface area contributed by atoms with Gasteiger partial charge in [-0.15, -0.1) is 0 Å². The molecular formula is C20H17N3O4. The van der Waals surface area contributed by atoms with Crippen LogP contribution in [0.3, 0.4) is 0 Å². The van der Waals surface area contributed by atoms with E-state index >= 15 is 0 Å². The molecule has 136 valence electrons. The minimum Gasteiger partial charge on any atom is -0.465 e. The first-order chi connectivity index (χ1) is 13.1. The lowest BCUT2D eigenvalue weighted by atomic mass is 10.1. The maximum Gasteiger partial charge on any atom is 0.337 e. The molecule has 0 aliphatic heterocycles. The molecule has 0 unspecified atom stereocenters. The molecule has 3 rings (SSSR count). The molecule has 0 saturated heterocycles. The van der Waals surface area contributed by atoms with Crippen LogP contribution in [0.1, 0.15) is 10.4 Å². The van der Waals surface area contributed by atoms with Crippen molar-refractivity contribution in [3.63, 3.8) is 0 Å². The molecule has 1 heterocycles. The number of hydrogen-bond donors (Lipinski definition) is 1. The predicted octanol–water partition coefficient (Wildman–Crippen LogP) is 2.34. The summed E-state index contributed by atoms with van der Waals surface area (Å²) in [6.45, 7) is -0.224. The smallest absolute Gasteiger partial charge is 0.337 e. The van der Waals surface area contributed by atoms with Crippen molar-refractivity contribution in [2.75, 3.05) is 12.4 Å². The number of rotatable bonds is 5. The molecule has 7 heteroatoms. The van der Waals surface area contributed by atoms with Gasteiger partial charge in [-0.1, -0.05) is 30.3 Å². The molecule has 0 radical (unpaired) electrons. The van der Waals surface area contributed by atoms with Crippen molar-refractivity contribution >= 4 is 17.6 Å². The van der Waals surface area contributed by atoms with E-state index in [2.05, 4.69) is 15.2 Å². The van der Waals surface area contributed by atoms with Gasteiger partial charge in [-0.3, -0.25) is 9.59 Å². The van der Waals surface area contributed by atoms with E-state index in [1.807, 2.05) is 30.3 Å². The zero-order chi connectivity index (χ0) is 19.2. The van der Waals surface area contributed by atoms with Crippen molar-refractivity contribution in [2.24, 2.45) is 0 Å². The summed E-state index contributed by atoms with van der Waals surface area (Å²) in [5, 5.41) is 6.92. The number of nitrogens with one attached hydrogen (secondary N) is 1. The van der Waals surface area contributed by atoms with Crippen molar-refractivity contribution in [1.82, 2.24) is 9.78 Å². The minimum absolute atomic E-state index is 0.224. The first-order valence-electron chi connectivity index (χ1n) is 8.18. The van der Waals surface area contributed by atoms with Crippen LogP contribution in [0.4, 0.5) is 5.69 Å². The molecule has 1 aromatic heterocycles. The van der Waals surface area contributed by atoms with Crippen molar-refractivity contribution in [3.8, 4) is 11.3 Å². The Balaban J connectivity index is 1.72. The lowest BCUT2D eigenvalue weighted by Gasteiger charge is -2.09. The van der Waals surface area contributed by atoms with Gasteiger partial charge in [0.05, 0.1) is 18.4 Å². The Hall–Kier alpha value is -3.74. The van der Waals surface area contributed by atoms with Crippen LogP contribution in [-0.4, -0.2) is 28.8 Å². The molecule has 0 saturated carbocycles. The van der Waals surface area contributed by atoms with E-state index in [9.17, 15) is 14.4 Å². The van der Waals surface area contributed by atoms with Gasteiger partial charge < -0.3 is 10.1 Å². The first-order valence-corrected chi connectivity index (χ1v) is 8.18. The highest BCUT2D eigenvalue weighted by molar-refractivity contribution is 5.92. The fraction of sp³-hybridized carbons (Fsp3) is 0.100. The number of nitrogens with zero attached hydrogens (tertiary/aromatic N) is 2. The molecule has 2 aromatic carbocycles. The lowest BCUT2D eigenvalue weighted by molar-refractivity contribution is -0.117. The number of carbonyl (C=O) groups is 2. The van der Waals surface area contributed by atoms with Gasteiger partial charge in [0.25, 0.3) is 5.56 Å². The summed E-state index contributed by atoms with van der Waals surface area (Å²) in [5.74, 6) is -0.859. The minimum atomic E-state index is -0.457. The second-order valence-electron chi connectivity index (χ2n) is 5.70. The van der Waals surface area contributed by atoms with Crippen molar-refractivity contribution in [1.29, 1.82) is 0 Å². The second kappa shape index (κ2) is 8.09. The van der Waals surface area contributed by atoms with Gasteiger partial charge in [0.2, 0.25) is 5.91 Å². The Morgan fingerprint density at radius 3 is 2.37 bits per heavy atom. The number of hydrogen-bond acceptors (Lipinski definition) is 5. The fourth-order valence-electron chi connectivity index (χ4n) is 2.47. The molecule has 1 amide bonds. The summed E-state index contributed by atoms with van der Waals surface area (Å²) >= 11 is 0. The largest absolute Gasteiger partial charge is 0.465 e. The number of anilines is 1. The van der Waals surface area contributed by atoms with Crippen LogP contribution in [-0.2, 0) is 16.1 Å². The second-order valence-corrected chi connectivity index (χ2v) is 5.70. The summed E-state index contributed by atoms with van der Waals surface area (Å²) in [6.07, 6.45) is 0. The maximum atomic E-state index is 12.3. The number of esters is 1. The van der Waals surface area contributed by atoms with E-state index in [0.717, 1.165) is 10.2 Å². The number of benzene rings is 2. The zero-order valence-corrected chi connectivity index (χ0v) is 14.6. The molecule has 7 nitrogen and oxygen atoms in total. The van der Waals surface area contributed by atoms with Gasteiger partial charge in [0.15, 0.2) is 0 Å². The Labute approximate surface area is 155 Å². The molecule has 0 spiro atoms. The van der Waals surface area contributed by atoms with Crippen LogP contribution in [0.5, 0.6) is 0 Å². The summed E-state index contributed by atoms with van der Waals surface area (Å²) in [6, 6.07) is 18.6. The Morgan fingerprint density at radius 1 is 1.00 bits per heavy atom. The number of aromatic nitrogens is 2. The standard InChI is InChI=1S/C20H17N3O4/c1-27-20(26)15-7-9-16(10-8-15)21-18(24)13-23-19(25)12-11-17(22-23)14-5-3-2-4-6-14/h2-12H,13H2,1H3,(H,21,24). The Bertz CT molecular complexity index is 1010. The zero-order valence-electron chi connectivity index (χ0n) is 14.6. The lowest BCUT2D eigenvalue weighted by Crippen LogP contribution is -2.29. The Morgan fingerprint density at radius 2 is 1.70 bits per heavy atom. The SMILES string of the molecule is COC(=O)c1ccc(NC(=O)Cn2nc(-c3ccccc3)ccc2=O)cc1. The van der Waals surface area contributed by atoms with E-state index in [0.29, 0.717) is 16.9 Å². The van der Waals surface area contributed by atoms with Gasteiger partial charge in [-0.25, -0.2) is 9.48 Å². The van der Waals surface area contributed by atoms with Crippen LogP contribution in [0, 0.1) is 0 Å². The van der Waals surface area contributed by atoms with Crippen molar-refractivity contribution < 1.29 is 14.3 Å². The van der Waals surface area contributed by atoms with E-state index < -0.39 is 11.9 Å². The third-order valence-corrected chi connectivity index (χ3v) is 3.82. The Kier molecular flexibility index (Phi) is 5.41. The third kappa shape index (κ3) is 4.46. The predicted molar refractivity (Wildman–Crippen MR) is 100 cm³/mol. The number of methoxy groups -OCH3 is 1. The van der Waals surface area contributed by atoms with Gasteiger partial charge in [0, 0.05) is 17.3 Å². The quantitative estimate of drug-likeness (QED) is 0.703. The number of amides is 1. The highest BCUT2D eigenvalue weighted by Crippen LogP contribution is 2.14. The number of ether oxygens (including phenoxy) is 1. The molecule has 0 aliphatic carbocycles. The van der Waals surface area contributed by atoms with Gasteiger partial charge in [0.1, 0.15) is 6.54 Å². The molecule has 27 heavy (non-hydrogen) atoms. The fourth-order valence-corrected chi connectivity index (χ4v) is 2.47. The van der Waals surface area contributed by atoms with Crippen molar-refractivity contribution in [2.45, 2.75) is 6.54 Å². The average Bonchev–Trinajstić information content (AvgIpc) is 2.70. The molecule has 0 bridgehead atoms. The van der Waals surface area contributed by atoms with Crippen LogP contribution in [0.15, 0.2) is 71.5 Å². The first kappa shape index (κ1) is 18.1. The summed E-state index contributed by atoms with van der Waals surface area (Å²) in [5.41, 5.74) is 1.96. The van der Waals surface area contributed by atoms with E-state index in [-0.39, 0.29) is 12.1 Å². The van der Waals surface area contributed by atoms with Gasteiger partial charge >= 0.3 is 5.97 Å². The molecule has 3 aromatic rings.